The van der Waals surface area contributed by atoms with E-state index in [1.165, 1.54) is 0 Å². The molecule has 0 aliphatic carbocycles. The van der Waals surface area contributed by atoms with Crippen molar-refractivity contribution in [1.29, 1.82) is 0 Å². The van der Waals surface area contributed by atoms with Crippen molar-refractivity contribution >= 4 is 28.3 Å². The van der Waals surface area contributed by atoms with Crippen molar-refractivity contribution in [2.75, 3.05) is 31.2 Å². The maximum atomic E-state index is 15.1. The number of carbonyl (C=O) groups excluding carboxylic acids is 2. The fraction of sp³-hybridized carbons (Fsp3) is 0.310. The van der Waals surface area contributed by atoms with E-state index in [9.17, 15) is 9.59 Å². The Balaban J connectivity index is 1.30. The summed E-state index contributed by atoms with van der Waals surface area (Å²) in [7, 11) is 0. The molecule has 0 radical (unpaired) electrons. The Morgan fingerprint density at radius 2 is 1.86 bits per heavy atom. The molecule has 184 valence electrons. The minimum atomic E-state index is -0.569. The van der Waals surface area contributed by atoms with E-state index in [0.29, 0.717) is 55.8 Å². The van der Waals surface area contributed by atoms with E-state index in [4.69, 9.17) is 4.74 Å². The van der Waals surface area contributed by atoms with Gasteiger partial charge >= 0.3 is 0 Å². The zero-order valence-electron chi connectivity index (χ0n) is 20.1. The lowest BCUT2D eigenvalue weighted by molar-refractivity contribution is -0.122. The van der Waals surface area contributed by atoms with Crippen LogP contribution in [0.2, 0.25) is 0 Å². The molecule has 6 nitrogen and oxygen atoms in total. The molecule has 2 saturated heterocycles. The molecule has 1 atom stereocenters. The molecule has 3 aliphatic rings. The summed E-state index contributed by atoms with van der Waals surface area (Å²) in [4.78, 5) is 30.0. The van der Waals surface area contributed by atoms with E-state index >= 15 is 4.39 Å². The van der Waals surface area contributed by atoms with Gasteiger partial charge in [-0.05, 0) is 53.1 Å². The van der Waals surface area contributed by atoms with Crippen LogP contribution in [0.15, 0.2) is 60.8 Å². The van der Waals surface area contributed by atoms with Gasteiger partial charge in [-0.1, -0.05) is 36.9 Å². The second kappa shape index (κ2) is 9.15. The molecule has 0 bridgehead atoms. The van der Waals surface area contributed by atoms with E-state index in [-0.39, 0.29) is 17.6 Å². The van der Waals surface area contributed by atoms with Crippen LogP contribution in [0.3, 0.4) is 0 Å². The van der Waals surface area contributed by atoms with Gasteiger partial charge in [0.05, 0.1) is 18.9 Å². The van der Waals surface area contributed by atoms with Crippen molar-refractivity contribution in [3.8, 4) is 0 Å². The number of benzene rings is 3. The first-order valence-electron chi connectivity index (χ1n) is 12.4. The van der Waals surface area contributed by atoms with Gasteiger partial charge in [0.1, 0.15) is 11.9 Å². The van der Waals surface area contributed by atoms with Gasteiger partial charge in [-0.2, -0.15) is 0 Å². The topological polar surface area (TPSA) is 61.9 Å². The number of anilines is 1. The maximum Gasteiger partial charge on any atom is 0.259 e. The Labute approximate surface area is 209 Å². The number of nitrogens with zero attached hydrogens (tertiary/aromatic N) is 2. The molecule has 1 N–H and O–H groups in total. The number of morpholine rings is 1. The quantitative estimate of drug-likeness (QED) is 0.590. The van der Waals surface area contributed by atoms with Crippen LogP contribution in [-0.2, 0) is 22.5 Å². The summed E-state index contributed by atoms with van der Waals surface area (Å²) < 4.78 is 20.5. The van der Waals surface area contributed by atoms with Crippen molar-refractivity contribution in [3.05, 3.63) is 88.9 Å². The van der Waals surface area contributed by atoms with E-state index in [1.807, 2.05) is 36.4 Å². The average molecular weight is 486 g/mol. The number of carbonyl (C=O) groups is 2. The summed E-state index contributed by atoms with van der Waals surface area (Å²) in [5.74, 6) is -0.594. The van der Waals surface area contributed by atoms with Gasteiger partial charge in [0, 0.05) is 42.7 Å². The van der Waals surface area contributed by atoms with Gasteiger partial charge in [0.15, 0.2) is 0 Å². The Morgan fingerprint density at radius 3 is 2.64 bits per heavy atom. The van der Waals surface area contributed by atoms with Crippen LogP contribution < -0.4 is 10.2 Å². The number of piperidine rings is 1. The fourth-order valence-corrected chi connectivity index (χ4v) is 5.59. The molecular formula is C29H28FN3O3. The van der Waals surface area contributed by atoms with Crippen molar-refractivity contribution in [1.82, 2.24) is 10.2 Å². The van der Waals surface area contributed by atoms with Crippen LogP contribution in [0.5, 0.6) is 0 Å². The third kappa shape index (κ3) is 3.98. The predicted molar refractivity (Wildman–Crippen MR) is 136 cm³/mol. The summed E-state index contributed by atoms with van der Waals surface area (Å²) in [6, 6.07) is 14.4. The standard InChI is InChI=1S/C29H28FN3O3/c1-18-5-9-26(28(34)31-18)33-25-10-8-20(22-3-2-4-23(27(22)25)29(33)35)16-21-7-6-19(15-24(21)30)17-32-11-13-36-14-12-32/h2-4,6-8,10,15,26H,1,5,9,11-14,16-17H2,(H,31,34). The molecule has 36 heavy (non-hydrogen) atoms. The molecule has 6 rings (SSSR count). The first kappa shape index (κ1) is 22.9. The van der Waals surface area contributed by atoms with Crippen LogP contribution in [0, 0.1) is 5.82 Å². The highest BCUT2D eigenvalue weighted by Crippen LogP contribution is 2.41. The molecule has 2 amide bonds. The number of nitrogens with one attached hydrogen (secondary N) is 1. The van der Waals surface area contributed by atoms with Crippen molar-refractivity contribution < 1.29 is 18.7 Å². The number of hydrogen-bond donors (Lipinski definition) is 1. The summed E-state index contributed by atoms with van der Waals surface area (Å²) in [6.07, 6.45) is 1.59. The number of allylic oxidation sites excluding steroid dienone is 1. The number of amides is 2. The Morgan fingerprint density at radius 1 is 1.06 bits per heavy atom. The Kier molecular flexibility index (Phi) is 5.82. The molecule has 0 aromatic heterocycles. The van der Waals surface area contributed by atoms with Crippen molar-refractivity contribution in [2.45, 2.75) is 31.8 Å². The fourth-order valence-electron chi connectivity index (χ4n) is 5.59. The SMILES string of the molecule is C=C1CCC(N2C(=O)c3cccc4c(Cc5ccc(CN6CCOCC6)cc5F)ccc2c34)C(=O)N1. The number of rotatable bonds is 5. The summed E-state index contributed by atoms with van der Waals surface area (Å²) in [5, 5.41) is 4.54. The largest absolute Gasteiger partial charge is 0.379 e. The molecule has 0 spiro atoms. The maximum absolute atomic E-state index is 15.1. The second-order valence-electron chi connectivity index (χ2n) is 9.79. The van der Waals surface area contributed by atoms with Gasteiger partial charge in [-0.3, -0.25) is 19.4 Å². The van der Waals surface area contributed by atoms with Gasteiger partial charge in [0.2, 0.25) is 5.91 Å². The zero-order valence-corrected chi connectivity index (χ0v) is 20.1. The first-order chi connectivity index (χ1) is 17.5. The van der Waals surface area contributed by atoms with Gasteiger partial charge in [-0.25, -0.2) is 4.39 Å². The number of halogens is 1. The number of ether oxygens (including phenoxy) is 1. The molecule has 3 aliphatic heterocycles. The average Bonchev–Trinajstić information content (AvgIpc) is 3.16. The van der Waals surface area contributed by atoms with Crippen LogP contribution in [0.4, 0.5) is 10.1 Å². The summed E-state index contributed by atoms with van der Waals surface area (Å²) in [5.41, 5.74) is 4.53. The molecule has 1 unspecified atom stereocenters. The minimum Gasteiger partial charge on any atom is -0.379 e. The van der Waals surface area contributed by atoms with Crippen LogP contribution in [-0.4, -0.2) is 49.1 Å². The van der Waals surface area contributed by atoms with E-state index < -0.39 is 6.04 Å². The van der Waals surface area contributed by atoms with Crippen LogP contribution in [0.25, 0.3) is 10.8 Å². The smallest absolute Gasteiger partial charge is 0.259 e. The lowest BCUT2D eigenvalue weighted by Crippen LogP contribution is -2.51. The third-order valence-corrected chi connectivity index (χ3v) is 7.46. The number of hydrogen-bond acceptors (Lipinski definition) is 4. The molecular weight excluding hydrogens is 457 g/mol. The zero-order chi connectivity index (χ0) is 24.8. The molecule has 2 fully saturated rings. The normalized spacial score (nSPS) is 20.3. The van der Waals surface area contributed by atoms with Gasteiger partial charge < -0.3 is 10.1 Å². The highest BCUT2D eigenvalue weighted by molar-refractivity contribution is 6.27. The van der Waals surface area contributed by atoms with Crippen molar-refractivity contribution in [3.63, 3.8) is 0 Å². The molecule has 0 saturated carbocycles. The Bertz CT molecular complexity index is 1400. The lowest BCUT2D eigenvalue weighted by atomic mass is 9.95. The van der Waals surface area contributed by atoms with Gasteiger partial charge in [-0.15, -0.1) is 0 Å². The van der Waals surface area contributed by atoms with E-state index in [0.717, 1.165) is 40.7 Å². The summed E-state index contributed by atoms with van der Waals surface area (Å²) in [6.45, 7) is 7.70. The molecule has 3 aromatic carbocycles. The third-order valence-electron chi connectivity index (χ3n) is 7.46. The predicted octanol–water partition coefficient (Wildman–Crippen LogP) is 4.15. The summed E-state index contributed by atoms with van der Waals surface area (Å²) >= 11 is 0. The molecule has 3 aromatic rings. The monoisotopic (exact) mass is 485 g/mol. The highest BCUT2D eigenvalue weighted by Gasteiger charge is 2.40. The highest BCUT2D eigenvalue weighted by atomic mass is 19.1. The van der Waals surface area contributed by atoms with E-state index in [1.54, 1.807) is 17.0 Å². The van der Waals surface area contributed by atoms with Crippen LogP contribution >= 0.6 is 0 Å². The molecule has 7 heteroatoms. The van der Waals surface area contributed by atoms with E-state index in [2.05, 4.69) is 16.8 Å². The first-order valence-corrected chi connectivity index (χ1v) is 12.4. The minimum absolute atomic E-state index is 0.168. The Hall–Kier alpha value is -3.55. The van der Waals surface area contributed by atoms with Gasteiger partial charge in [0.25, 0.3) is 5.91 Å². The van der Waals surface area contributed by atoms with Crippen molar-refractivity contribution in [2.24, 2.45) is 0 Å². The lowest BCUT2D eigenvalue weighted by Gasteiger charge is -2.31. The second-order valence-corrected chi connectivity index (χ2v) is 9.79. The molecule has 3 heterocycles. The van der Waals surface area contributed by atoms with Crippen LogP contribution in [0.1, 0.15) is 39.9 Å².